The van der Waals surface area contributed by atoms with Gasteiger partial charge in [0.15, 0.2) is 0 Å². The van der Waals surface area contributed by atoms with Crippen LogP contribution >= 0.6 is 0 Å². The number of amides is 3. The number of allylic oxidation sites excluding steroid dienone is 1. The van der Waals surface area contributed by atoms with Crippen LogP contribution in [0.5, 0.6) is 5.75 Å². The topological polar surface area (TPSA) is 97.0 Å². The van der Waals surface area contributed by atoms with E-state index in [2.05, 4.69) is 24.5 Å². The van der Waals surface area contributed by atoms with Crippen molar-refractivity contribution in [2.75, 3.05) is 13.7 Å². The molecule has 2 N–H and O–H groups in total. The van der Waals surface area contributed by atoms with Crippen molar-refractivity contribution in [3.63, 3.8) is 0 Å². The molecule has 8 nitrogen and oxygen atoms in total. The number of likely N-dealkylation sites (tertiary alicyclic amines) is 1. The van der Waals surface area contributed by atoms with Crippen molar-refractivity contribution in [2.24, 2.45) is 0 Å². The number of nitrogens with one attached hydrogen (secondary N) is 2. The van der Waals surface area contributed by atoms with Gasteiger partial charge in [0, 0.05) is 18.5 Å². The third kappa shape index (κ3) is 7.58. The number of rotatable bonds is 8. The molecular weight excluding hydrogens is 506 g/mol. The highest BCUT2D eigenvalue weighted by Crippen LogP contribution is 2.36. The Morgan fingerprint density at radius 3 is 2.27 bits per heavy atom. The van der Waals surface area contributed by atoms with Crippen molar-refractivity contribution in [1.82, 2.24) is 15.5 Å². The van der Waals surface area contributed by atoms with Gasteiger partial charge in [0.25, 0.3) is 5.91 Å². The molecule has 1 saturated carbocycles. The molecule has 4 rings (SSSR count). The van der Waals surface area contributed by atoms with Crippen LogP contribution in [0.2, 0.25) is 0 Å². The average molecular weight is 556 g/mol. The van der Waals surface area contributed by atoms with Gasteiger partial charge in [-0.2, -0.15) is 0 Å². The molecule has 4 atom stereocenters. The Morgan fingerprint density at radius 1 is 1.10 bits per heavy atom. The SMILES string of the molecule is CCCCC.COc1c(C)cc(C(=O)NC(C)C(=O)N2CCCC2C(=O)NC2CC(=C3CCC3)OC2C)cc1C. The van der Waals surface area contributed by atoms with E-state index in [4.69, 9.17) is 9.47 Å². The Labute approximate surface area is 240 Å². The zero-order valence-electron chi connectivity index (χ0n) is 25.5. The quantitative estimate of drug-likeness (QED) is 0.451. The number of carbonyl (C=O) groups excluding carboxylic acids is 3. The molecule has 2 aliphatic heterocycles. The molecule has 3 fully saturated rings. The number of carbonyl (C=O) groups is 3. The predicted molar refractivity (Wildman–Crippen MR) is 157 cm³/mol. The van der Waals surface area contributed by atoms with Gasteiger partial charge < -0.3 is 25.0 Å². The molecule has 1 aromatic rings. The highest BCUT2D eigenvalue weighted by molar-refractivity contribution is 5.98. The molecule has 222 valence electrons. The summed E-state index contributed by atoms with van der Waals surface area (Å²) in [7, 11) is 1.60. The monoisotopic (exact) mass is 555 g/mol. The van der Waals surface area contributed by atoms with Gasteiger partial charge >= 0.3 is 0 Å². The zero-order chi connectivity index (χ0) is 29.4. The molecule has 8 heteroatoms. The minimum Gasteiger partial charge on any atom is -0.496 e. The van der Waals surface area contributed by atoms with Gasteiger partial charge in [-0.3, -0.25) is 14.4 Å². The van der Waals surface area contributed by atoms with Crippen molar-refractivity contribution >= 4 is 17.7 Å². The number of benzene rings is 1. The first-order chi connectivity index (χ1) is 19.1. The van der Waals surface area contributed by atoms with Crippen LogP contribution in [0.4, 0.5) is 0 Å². The van der Waals surface area contributed by atoms with Gasteiger partial charge in [-0.15, -0.1) is 0 Å². The Bertz CT molecular complexity index is 1070. The highest BCUT2D eigenvalue weighted by Gasteiger charge is 2.39. The van der Waals surface area contributed by atoms with Gasteiger partial charge in [-0.25, -0.2) is 0 Å². The fourth-order valence-electron chi connectivity index (χ4n) is 5.68. The van der Waals surface area contributed by atoms with Crippen LogP contribution in [0, 0.1) is 13.8 Å². The summed E-state index contributed by atoms with van der Waals surface area (Å²) >= 11 is 0. The van der Waals surface area contributed by atoms with Crippen LogP contribution < -0.4 is 15.4 Å². The van der Waals surface area contributed by atoms with E-state index in [1.807, 2.05) is 20.8 Å². The molecule has 4 unspecified atom stereocenters. The minimum atomic E-state index is -0.748. The molecule has 1 aromatic carbocycles. The second-order valence-electron chi connectivity index (χ2n) is 11.4. The highest BCUT2D eigenvalue weighted by atomic mass is 16.5. The van der Waals surface area contributed by atoms with E-state index in [1.54, 1.807) is 31.1 Å². The lowest BCUT2D eigenvalue weighted by Crippen LogP contribution is -2.54. The van der Waals surface area contributed by atoms with Crippen molar-refractivity contribution < 1.29 is 23.9 Å². The molecule has 0 spiro atoms. The number of aryl methyl sites for hydroxylation is 2. The van der Waals surface area contributed by atoms with Crippen LogP contribution in [0.15, 0.2) is 23.5 Å². The second kappa shape index (κ2) is 14.6. The maximum absolute atomic E-state index is 13.2. The Morgan fingerprint density at radius 2 is 1.75 bits per heavy atom. The molecule has 2 saturated heterocycles. The Hall–Kier alpha value is -3.03. The lowest BCUT2D eigenvalue weighted by Gasteiger charge is -2.28. The zero-order valence-corrected chi connectivity index (χ0v) is 25.5. The molecule has 0 radical (unpaired) electrons. The van der Waals surface area contributed by atoms with E-state index < -0.39 is 12.1 Å². The molecular formula is C32H49N3O5. The van der Waals surface area contributed by atoms with E-state index in [9.17, 15) is 14.4 Å². The van der Waals surface area contributed by atoms with Crippen LogP contribution in [-0.4, -0.2) is 60.5 Å². The first-order valence-corrected chi connectivity index (χ1v) is 15.1. The largest absolute Gasteiger partial charge is 0.496 e. The first-order valence-electron chi connectivity index (χ1n) is 15.1. The minimum absolute atomic E-state index is 0.0813. The number of methoxy groups -OCH3 is 1. The summed E-state index contributed by atoms with van der Waals surface area (Å²) in [5, 5.41) is 5.93. The third-order valence-electron chi connectivity index (χ3n) is 8.17. The van der Waals surface area contributed by atoms with Crippen LogP contribution in [0.1, 0.15) is 107 Å². The van der Waals surface area contributed by atoms with E-state index in [0.29, 0.717) is 18.5 Å². The molecule has 0 bridgehead atoms. The summed E-state index contributed by atoms with van der Waals surface area (Å²) in [4.78, 5) is 40.8. The van der Waals surface area contributed by atoms with E-state index in [-0.39, 0.29) is 29.9 Å². The smallest absolute Gasteiger partial charge is 0.251 e. The van der Waals surface area contributed by atoms with Crippen molar-refractivity contribution in [3.8, 4) is 5.75 Å². The maximum Gasteiger partial charge on any atom is 0.251 e. The summed E-state index contributed by atoms with van der Waals surface area (Å²) < 4.78 is 11.4. The van der Waals surface area contributed by atoms with Crippen LogP contribution in [-0.2, 0) is 14.3 Å². The number of unbranched alkanes of at least 4 members (excludes halogenated alkanes) is 2. The van der Waals surface area contributed by atoms with Crippen molar-refractivity contribution in [1.29, 1.82) is 0 Å². The van der Waals surface area contributed by atoms with E-state index in [1.165, 1.54) is 31.3 Å². The van der Waals surface area contributed by atoms with E-state index in [0.717, 1.165) is 48.3 Å². The lowest BCUT2D eigenvalue weighted by molar-refractivity contribution is -0.139. The normalized spacial score (nSPS) is 22.5. The van der Waals surface area contributed by atoms with Gasteiger partial charge in [0.2, 0.25) is 11.8 Å². The first kappa shape index (κ1) is 31.5. The average Bonchev–Trinajstić information content (AvgIpc) is 3.50. The van der Waals surface area contributed by atoms with Crippen molar-refractivity contribution in [2.45, 2.75) is 124 Å². The van der Waals surface area contributed by atoms with Gasteiger partial charge in [0.05, 0.1) is 18.9 Å². The fraction of sp³-hybridized carbons (Fsp3) is 0.656. The summed E-state index contributed by atoms with van der Waals surface area (Å²) in [6.07, 6.45) is 9.47. The van der Waals surface area contributed by atoms with E-state index >= 15 is 0 Å². The molecule has 3 amide bonds. The maximum atomic E-state index is 13.2. The molecule has 1 aliphatic carbocycles. The molecule has 3 aliphatic rings. The lowest BCUT2D eigenvalue weighted by atomic mass is 9.90. The number of nitrogens with zero attached hydrogens (tertiary/aromatic N) is 1. The van der Waals surface area contributed by atoms with Crippen LogP contribution in [0.3, 0.4) is 0 Å². The standard InChI is InChI=1S/C27H37N3O5.C5H12/c1-15-12-20(13-16(2)24(15)34-5)25(31)28-17(3)27(33)30-11-7-10-22(30)26(32)29-21-14-23(35-18(21)4)19-8-6-9-19;1-3-5-4-2/h12-13,17-18,21-22H,6-11,14H2,1-5H3,(H,28,31)(H,29,32);3-5H2,1-2H3. The van der Waals surface area contributed by atoms with Crippen molar-refractivity contribution in [3.05, 3.63) is 40.2 Å². The number of hydrogen-bond donors (Lipinski definition) is 2. The Balaban J connectivity index is 0.000000810. The van der Waals surface area contributed by atoms with Crippen LogP contribution in [0.25, 0.3) is 0 Å². The molecule has 40 heavy (non-hydrogen) atoms. The summed E-state index contributed by atoms with van der Waals surface area (Å²) in [6, 6.07) is 2.15. The summed E-state index contributed by atoms with van der Waals surface area (Å²) in [6.45, 7) is 12.3. The molecule has 0 aromatic heterocycles. The Kier molecular flexibility index (Phi) is 11.5. The predicted octanol–water partition coefficient (Wildman–Crippen LogP) is 5.35. The van der Waals surface area contributed by atoms with Gasteiger partial charge in [-0.05, 0) is 88.6 Å². The third-order valence-corrected chi connectivity index (χ3v) is 8.17. The second-order valence-corrected chi connectivity index (χ2v) is 11.4. The summed E-state index contributed by atoms with van der Waals surface area (Å²) in [5.41, 5.74) is 3.56. The fourth-order valence-corrected chi connectivity index (χ4v) is 5.68. The summed E-state index contributed by atoms with van der Waals surface area (Å²) in [5.74, 6) is 1.07. The number of hydrogen-bond acceptors (Lipinski definition) is 5. The van der Waals surface area contributed by atoms with Gasteiger partial charge in [0.1, 0.15) is 23.9 Å². The van der Waals surface area contributed by atoms with Gasteiger partial charge in [-0.1, -0.05) is 33.1 Å². The molecule has 2 heterocycles. The number of ether oxygens (including phenoxy) is 2.